The van der Waals surface area contributed by atoms with E-state index in [1.807, 2.05) is 0 Å². The fourth-order valence-corrected chi connectivity index (χ4v) is 4.45. The Bertz CT molecular complexity index is 1160. The fraction of sp³-hybridized carbons (Fsp3) is 0.238. The number of benzene rings is 2. The van der Waals surface area contributed by atoms with Gasteiger partial charge >= 0.3 is 6.03 Å². The van der Waals surface area contributed by atoms with Crippen LogP contribution in [-0.2, 0) is 0 Å². The van der Waals surface area contributed by atoms with E-state index in [0.717, 1.165) is 36.0 Å². The van der Waals surface area contributed by atoms with Gasteiger partial charge in [0.25, 0.3) is 5.91 Å². The summed E-state index contributed by atoms with van der Waals surface area (Å²) >= 11 is 7.09. The molecule has 1 atom stereocenters. The van der Waals surface area contributed by atoms with Crippen LogP contribution in [0.4, 0.5) is 25.0 Å². The van der Waals surface area contributed by atoms with Crippen molar-refractivity contribution in [2.45, 2.75) is 18.8 Å². The number of carbonyl (C=O) groups is 2. The minimum Gasteiger partial charge on any atom is -0.324 e. The van der Waals surface area contributed by atoms with Crippen molar-refractivity contribution in [1.82, 2.24) is 15.1 Å². The second-order valence-electron chi connectivity index (χ2n) is 7.25. The summed E-state index contributed by atoms with van der Waals surface area (Å²) in [4.78, 5) is 26.6. The minimum absolute atomic E-state index is 0.114. The van der Waals surface area contributed by atoms with Crippen molar-refractivity contribution in [1.29, 1.82) is 0 Å². The van der Waals surface area contributed by atoms with E-state index >= 15 is 0 Å². The number of urea groups is 1. The number of hydrogen-bond acceptors (Lipinski definition) is 5. The molecule has 0 saturated carbocycles. The SMILES string of the molecule is O=C(Nc1cccc(Cl)c1)c1nnc([C@H]2CCCN(C(=O)Nc3cc(F)ccc3F)C2)s1. The maximum Gasteiger partial charge on any atom is 0.321 e. The second-order valence-corrected chi connectivity index (χ2v) is 8.69. The first-order valence-electron chi connectivity index (χ1n) is 9.80. The number of aromatic nitrogens is 2. The quantitative estimate of drug-likeness (QED) is 0.545. The van der Waals surface area contributed by atoms with Crippen molar-refractivity contribution < 1.29 is 18.4 Å². The van der Waals surface area contributed by atoms with Crippen LogP contribution in [0.3, 0.4) is 0 Å². The van der Waals surface area contributed by atoms with E-state index in [0.29, 0.717) is 35.2 Å². The normalized spacial score (nSPS) is 16.0. The van der Waals surface area contributed by atoms with Gasteiger partial charge in [-0.2, -0.15) is 0 Å². The Labute approximate surface area is 191 Å². The number of nitrogens with one attached hydrogen (secondary N) is 2. The smallest absolute Gasteiger partial charge is 0.321 e. The Hall–Kier alpha value is -3.11. The molecule has 2 aromatic carbocycles. The summed E-state index contributed by atoms with van der Waals surface area (Å²) in [5.41, 5.74) is 0.331. The molecule has 166 valence electrons. The Kier molecular flexibility index (Phi) is 6.61. The average Bonchev–Trinajstić information content (AvgIpc) is 3.27. The van der Waals surface area contributed by atoms with E-state index in [1.165, 1.54) is 4.90 Å². The van der Waals surface area contributed by atoms with Crippen LogP contribution in [0.2, 0.25) is 5.02 Å². The number of hydrogen-bond donors (Lipinski definition) is 2. The Balaban J connectivity index is 1.40. The zero-order valence-electron chi connectivity index (χ0n) is 16.6. The molecule has 2 heterocycles. The van der Waals surface area contributed by atoms with Gasteiger partial charge in [0.15, 0.2) is 0 Å². The van der Waals surface area contributed by atoms with Crippen LogP contribution in [0.15, 0.2) is 42.5 Å². The van der Waals surface area contributed by atoms with Gasteiger partial charge in [0, 0.05) is 35.8 Å². The largest absolute Gasteiger partial charge is 0.324 e. The van der Waals surface area contributed by atoms with E-state index in [9.17, 15) is 18.4 Å². The molecule has 1 aromatic heterocycles. The summed E-state index contributed by atoms with van der Waals surface area (Å²) in [6.07, 6.45) is 1.47. The molecule has 3 aromatic rings. The van der Waals surface area contributed by atoms with Crippen LogP contribution < -0.4 is 10.6 Å². The van der Waals surface area contributed by atoms with Crippen LogP contribution in [-0.4, -0.2) is 40.1 Å². The van der Waals surface area contributed by atoms with Gasteiger partial charge in [-0.25, -0.2) is 13.6 Å². The third-order valence-electron chi connectivity index (χ3n) is 4.95. The molecule has 0 bridgehead atoms. The number of carbonyl (C=O) groups excluding carboxylic acids is 2. The summed E-state index contributed by atoms with van der Waals surface area (Å²) < 4.78 is 27.2. The molecule has 0 unspecified atom stereocenters. The summed E-state index contributed by atoms with van der Waals surface area (Å²) in [6.45, 7) is 0.799. The summed E-state index contributed by atoms with van der Waals surface area (Å²) in [7, 11) is 0. The number of amides is 3. The Morgan fingerprint density at radius 1 is 1.12 bits per heavy atom. The van der Waals surface area contributed by atoms with Crippen LogP contribution in [0.5, 0.6) is 0 Å². The Morgan fingerprint density at radius 2 is 1.97 bits per heavy atom. The number of rotatable bonds is 4. The molecule has 1 fully saturated rings. The number of nitrogens with zero attached hydrogens (tertiary/aromatic N) is 3. The maximum absolute atomic E-state index is 13.8. The fourth-order valence-electron chi connectivity index (χ4n) is 3.39. The zero-order valence-corrected chi connectivity index (χ0v) is 18.2. The first-order chi connectivity index (χ1) is 15.4. The number of anilines is 2. The number of piperidine rings is 1. The number of halogens is 3. The molecular weight excluding hydrogens is 460 g/mol. The van der Waals surface area contributed by atoms with Gasteiger partial charge in [0.2, 0.25) is 5.01 Å². The van der Waals surface area contributed by atoms with Crippen LogP contribution in [0.25, 0.3) is 0 Å². The second kappa shape index (κ2) is 9.58. The first kappa shape index (κ1) is 22.1. The number of likely N-dealkylation sites (tertiary alicyclic amines) is 1. The highest BCUT2D eigenvalue weighted by atomic mass is 35.5. The lowest BCUT2D eigenvalue weighted by Crippen LogP contribution is -2.41. The lowest BCUT2D eigenvalue weighted by molar-refractivity contribution is 0.102. The van der Waals surface area contributed by atoms with Crippen LogP contribution >= 0.6 is 22.9 Å². The van der Waals surface area contributed by atoms with Crippen LogP contribution in [0, 0.1) is 11.6 Å². The lowest BCUT2D eigenvalue weighted by Gasteiger charge is -2.31. The average molecular weight is 478 g/mol. The molecule has 4 rings (SSSR count). The van der Waals surface area contributed by atoms with Crippen molar-refractivity contribution >= 4 is 46.3 Å². The van der Waals surface area contributed by atoms with E-state index in [1.54, 1.807) is 24.3 Å². The molecule has 0 spiro atoms. The van der Waals surface area contributed by atoms with Gasteiger partial charge in [-0.1, -0.05) is 29.0 Å². The lowest BCUT2D eigenvalue weighted by atomic mass is 9.99. The van der Waals surface area contributed by atoms with Crippen molar-refractivity contribution in [3.63, 3.8) is 0 Å². The topological polar surface area (TPSA) is 87.2 Å². The molecule has 1 aliphatic heterocycles. The molecule has 32 heavy (non-hydrogen) atoms. The van der Waals surface area contributed by atoms with E-state index in [4.69, 9.17) is 11.6 Å². The molecule has 7 nitrogen and oxygen atoms in total. The van der Waals surface area contributed by atoms with E-state index in [-0.39, 0.29) is 16.6 Å². The standard InChI is InChI=1S/C21H18ClF2N5O2S/c22-13-4-1-5-15(9-13)25-18(30)20-28-27-19(32-20)12-3-2-8-29(11-12)21(31)26-17-10-14(23)6-7-16(17)24/h1,4-7,9-10,12H,2-3,8,11H2,(H,25,30)(H,26,31)/t12-/m0/s1. The van der Waals surface area contributed by atoms with Gasteiger partial charge in [0.1, 0.15) is 16.6 Å². The maximum atomic E-state index is 13.8. The highest BCUT2D eigenvalue weighted by Gasteiger charge is 2.28. The molecule has 2 N–H and O–H groups in total. The van der Waals surface area contributed by atoms with Gasteiger partial charge in [-0.15, -0.1) is 10.2 Å². The third kappa shape index (κ3) is 5.20. The van der Waals surface area contributed by atoms with Gasteiger partial charge < -0.3 is 15.5 Å². The van der Waals surface area contributed by atoms with E-state index in [2.05, 4.69) is 20.8 Å². The third-order valence-corrected chi connectivity index (χ3v) is 6.26. The van der Waals surface area contributed by atoms with Crippen molar-refractivity contribution in [2.24, 2.45) is 0 Å². The van der Waals surface area contributed by atoms with Crippen molar-refractivity contribution in [2.75, 3.05) is 23.7 Å². The molecule has 0 aliphatic carbocycles. The predicted octanol–water partition coefficient (Wildman–Crippen LogP) is 5.13. The van der Waals surface area contributed by atoms with Crippen LogP contribution in [0.1, 0.15) is 33.6 Å². The summed E-state index contributed by atoms with van der Waals surface area (Å²) in [5, 5.41) is 14.6. The highest BCUT2D eigenvalue weighted by molar-refractivity contribution is 7.13. The van der Waals surface area contributed by atoms with Crippen molar-refractivity contribution in [3.8, 4) is 0 Å². The zero-order chi connectivity index (χ0) is 22.7. The molecule has 11 heteroatoms. The summed E-state index contributed by atoms with van der Waals surface area (Å²) in [5.74, 6) is -1.87. The highest BCUT2D eigenvalue weighted by Crippen LogP contribution is 2.30. The molecule has 1 aliphatic rings. The minimum atomic E-state index is -0.715. The van der Waals surface area contributed by atoms with Crippen molar-refractivity contribution in [3.05, 3.63) is 69.1 Å². The monoisotopic (exact) mass is 477 g/mol. The Morgan fingerprint density at radius 3 is 2.78 bits per heavy atom. The van der Waals surface area contributed by atoms with Gasteiger partial charge in [-0.3, -0.25) is 4.79 Å². The molecule has 0 radical (unpaired) electrons. The summed E-state index contributed by atoms with van der Waals surface area (Å²) in [6, 6.07) is 9.12. The first-order valence-corrected chi connectivity index (χ1v) is 11.0. The van der Waals surface area contributed by atoms with Gasteiger partial charge in [-0.05, 0) is 43.2 Å². The molecule has 1 saturated heterocycles. The predicted molar refractivity (Wildman–Crippen MR) is 118 cm³/mol. The molecular formula is C21H18ClF2N5O2S. The van der Waals surface area contributed by atoms with Gasteiger partial charge in [0.05, 0.1) is 5.69 Å². The molecule has 3 amide bonds. The van der Waals surface area contributed by atoms with E-state index < -0.39 is 23.6 Å².